The van der Waals surface area contributed by atoms with Gasteiger partial charge < -0.3 is 19.3 Å². The molecule has 0 aliphatic rings. The molecule has 0 saturated heterocycles. The molecule has 0 aliphatic heterocycles. The number of hydrogen-bond acceptors (Lipinski definition) is 5. The lowest BCUT2D eigenvalue weighted by Crippen LogP contribution is -2.36. The molecule has 1 atom stereocenters. The minimum absolute atomic E-state index is 0.129. The van der Waals surface area contributed by atoms with E-state index < -0.39 is 6.10 Å². The van der Waals surface area contributed by atoms with Crippen molar-refractivity contribution in [3.05, 3.63) is 23.8 Å². The van der Waals surface area contributed by atoms with Gasteiger partial charge in [0.25, 0.3) is 0 Å². The van der Waals surface area contributed by atoms with E-state index in [2.05, 4.69) is 18.7 Å². The van der Waals surface area contributed by atoms with Crippen molar-refractivity contribution in [1.82, 2.24) is 4.90 Å². The van der Waals surface area contributed by atoms with E-state index in [4.69, 9.17) is 14.2 Å². The van der Waals surface area contributed by atoms with Gasteiger partial charge in [-0.15, -0.1) is 0 Å². The fourth-order valence-corrected chi connectivity index (χ4v) is 2.57. The molecule has 1 aromatic carbocycles. The molecule has 0 aliphatic carbocycles. The van der Waals surface area contributed by atoms with E-state index in [0.717, 1.165) is 36.6 Å². The monoisotopic (exact) mass is 353 g/mol. The fraction of sp³-hybridized carbons (Fsp3) is 0.700. The summed E-state index contributed by atoms with van der Waals surface area (Å²) in [6.07, 6.45) is 0.727. The van der Waals surface area contributed by atoms with Gasteiger partial charge >= 0.3 is 0 Å². The van der Waals surface area contributed by atoms with Crippen LogP contribution in [0.5, 0.6) is 11.5 Å². The van der Waals surface area contributed by atoms with Gasteiger partial charge in [-0.2, -0.15) is 0 Å². The zero-order valence-electron chi connectivity index (χ0n) is 16.6. The zero-order valence-corrected chi connectivity index (χ0v) is 16.6. The van der Waals surface area contributed by atoms with Gasteiger partial charge in [-0.3, -0.25) is 4.90 Å². The van der Waals surface area contributed by atoms with Gasteiger partial charge in [0.15, 0.2) is 11.5 Å². The molecule has 1 N–H and O–H groups in total. The van der Waals surface area contributed by atoms with Crippen LogP contribution < -0.4 is 9.47 Å². The number of hydrogen-bond donors (Lipinski definition) is 1. The van der Waals surface area contributed by atoms with E-state index in [1.165, 1.54) is 0 Å². The molecule has 144 valence electrons. The Morgan fingerprint density at radius 1 is 1.04 bits per heavy atom. The van der Waals surface area contributed by atoms with Crippen molar-refractivity contribution < 1.29 is 19.3 Å². The quantitative estimate of drug-likeness (QED) is 0.625. The van der Waals surface area contributed by atoms with Crippen molar-refractivity contribution in [3.8, 4) is 11.5 Å². The molecule has 1 aromatic rings. The van der Waals surface area contributed by atoms with Crippen LogP contribution in [0.15, 0.2) is 18.2 Å². The normalized spacial score (nSPS) is 12.9. The Labute approximate surface area is 152 Å². The molecule has 25 heavy (non-hydrogen) atoms. The lowest BCUT2D eigenvalue weighted by atomic mass is 10.1. The molecule has 0 heterocycles. The largest absolute Gasteiger partial charge is 0.493 e. The number of methoxy groups -OCH3 is 2. The summed E-state index contributed by atoms with van der Waals surface area (Å²) in [5.41, 5.74) is 1.14. The SMILES string of the molecule is COc1ccc(CN(CCC(C)C)C[C@@H](O)COC(C)C)cc1OC. The van der Waals surface area contributed by atoms with E-state index in [1.54, 1.807) is 14.2 Å². The van der Waals surface area contributed by atoms with Gasteiger partial charge in [0.05, 0.1) is 33.0 Å². The summed E-state index contributed by atoms with van der Waals surface area (Å²) in [5, 5.41) is 10.3. The Balaban J connectivity index is 2.75. The smallest absolute Gasteiger partial charge is 0.161 e. The summed E-state index contributed by atoms with van der Waals surface area (Å²) in [5.74, 6) is 2.08. The van der Waals surface area contributed by atoms with E-state index in [9.17, 15) is 5.11 Å². The van der Waals surface area contributed by atoms with Gasteiger partial charge in [0, 0.05) is 13.1 Å². The molecular formula is C20H35NO4. The first-order chi connectivity index (χ1) is 11.8. The maximum absolute atomic E-state index is 10.3. The molecule has 0 unspecified atom stereocenters. The number of ether oxygens (including phenoxy) is 3. The Bertz CT molecular complexity index is 491. The Morgan fingerprint density at radius 2 is 1.72 bits per heavy atom. The van der Waals surface area contributed by atoms with Crippen molar-refractivity contribution in [2.24, 2.45) is 5.92 Å². The van der Waals surface area contributed by atoms with Crippen molar-refractivity contribution >= 4 is 0 Å². The van der Waals surface area contributed by atoms with Crippen molar-refractivity contribution in [1.29, 1.82) is 0 Å². The van der Waals surface area contributed by atoms with Crippen LogP contribution in [-0.2, 0) is 11.3 Å². The van der Waals surface area contributed by atoms with Gasteiger partial charge in [-0.1, -0.05) is 19.9 Å². The van der Waals surface area contributed by atoms with Crippen LogP contribution in [0.3, 0.4) is 0 Å². The lowest BCUT2D eigenvalue weighted by molar-refractivity contribution is -0.00998. The van der Waals surface area contributed by atoms with Gasteiger partial charge in [0.2, 0.25) is 0 Å². The predicted octanol–water partition coefficient (Wildman–Crippen LogP) is 3.34. The molecule has 0 fully saturated rings. The van der Waals surface area contributed by atoms with Gasteiger partial charge in [0.1, 0.15) is 0 Å². The number of rotatable bonds is 12. The zero-order chi connectivity index (χ0) is 18.8. The third kappa shape index (κ3) is 8.56. The Hall–Kier alpha value is -1.30. The van der Waals surface area contributed by atoms with Crippen LogP contribution in [0.25, 0.3) is 0 Å². The highest BCUT2D eigenvalue weighted by atomic mass is 16.5. The first-order valence-electron chi connectivity index (χ1n) is 9.08. The van der Waals surface area contributed by atoms with Crippen molar-refractivity contribution in [3.63, 3.8) is 0 Å². The average Bonchev–Trinajstić information content (AvgIpc) is 2.57. The molecule has 0 radical (unpaired) electrons. The van der Waals surface area contributed by atoms with Crippen LogP contribution in [0.1, 0.15) is 39.7 Å². The molecule has 0 aromatic heterocycles. The molecule has 5 heteroatoms. The van der Waals surface area contributed by atoms with Crippen LogP contribution in [0.4, 0.5) is 0 Å². The third-order valence-corrected chi connectivity index (χ3v) is 3.97. The van der Waals surface area contributed by atoms with Crippen LogP contribution in [0.2, 0.25) is 0 Å². The maximum Gasteiger partial charge on any atom is 0.161 e. The Morgan fingerprint density at radius 3 is 2.28 bits per heavy atom. The van der Waals surface area contributed by atoms with Crippen LogP contribution in [-0.4, -0.2) is 56.1 Å². The Kier molecular flexibility index (Phi) is 9.86. The average molecular weight is 354 g/mol. The third-order valence-electron chi connectivity index (χ3n) is 3.97. The van der Waals surface area contributed by atoms with E-state index in [1.807, 2.05) is 32.0 Å². The number of nitrogens with zero attached hydrogens (tertiary/aromatic N) is 1. The summed E-state index contributed by atoms with van der Waals surface area (Å²) in [7, 11) is 3.28. The first kappa shape index (κ1) is 21.7. The summed E-state index contributed by atoms with van der Waals surface area (Å²) < 4.78 is 16.2. The van der Waals surface area contributed by atoms with E-state index in [-0.39, 0.29) is 6.10 Å². The van der Waals surface area contributed by atoms with Crippen molar-refractivity contribution in [2.45, 2.75) is 52.9 Å². The molecule has 5 nitrogen and oxygen atoms in total. The summed E-state index contributed by atoms with van der Waals surface area (Å²) in [4.78, 5) is 2.27. The minimum Gasteiger partial charge on any atom is -0.493 e. The van der Waals surface area contributed by atoms with E-state index in [0.29, 0.717) is 19.1 Å². The standard InChI is InChI=1S/C20H35NO4/c1-15(2)9-10-21(13-18(22)14-25-16(3)4)12-17-7-8-19(23-5)20(11-17)24-6/h7-8,11,15-16,18,22H,9-10,12-14H2,1-6H3/t18-/m1/s1. The van der Waals surface area contributed by atoms with E-state index >= 15 is 0 Å². The first-order valence-corrected chi connectivity index (χ1v) is 9.08. The molecular weight excluding hydrogens is 318 g/mol. The van der Waals surface area contributed by atoms with Gasteiger partial charge in [-0.25, -0.2) is 0 Å². The molecule has 0 spiro atoms. The lowest BCUT2D eigenvalue weighted by Gasteiger charge is -2.26. The summed E-state index contributed by atoms with van der Waals surface area (Å²) >= 11 is 0. The highest BCUT2D eigenvalue weighted by Crippen LogP contribution is 2.28. The second-order valence-corrected chi connectivity index (χ2v) is 7.14. The predicted molar refractivity (Wildman–Crippen MR) is 101 cm³/mol. The molecule has 0 amide bonds. The second kappa shape index (κ2) is 11.3. The number of aliphatic hydroxyl groups is 1. The highest BCUT2D eigenvalue weighted by molar-refractivity contribution is 5.42. The molecule has 0 bridgehead atoms. The topological polar surface area (TPSA) is 51.2 Å². The van der Waals surface area contributed by atoms with Crippen molar-refractivity contribution in [2.75, 3.05) is 33.9 Å². The van der Waals surface area contributed by atoms with Crippen LogP contribution >= 0.6 is 0 Å². The second-order valence-electron chi connectivity index (χ2n) is 7.14. The fourth-order valence-electron chi connectivity index (χ4n) is 2.57. The summed E-state index contributed by atoms with van der Waals surface area (Å²) in [6.45, 7) is 11.0. The van der Waals surface area contributed by atoms with Crippen LogP contribution in [0, 0.1) is 5.92 Å². The number of aliphatic hydroxyl groups excluding tert-OH is 1. The molecule has 0 saturated carbocycles. The molecule has 1 rings (SSSR count). The highest BCUT2D eigenvalue weighted by Gasteiger charge is 2.15. The minimum atomic E-state index is -0.491. The summed E-state index contributed by atoms with van der Waals surface area (Å²) in [6, 6.07) is 5.96. The van der Waals surface area contributed by atoms with Gasteiger partial charge in [-0.05, 0) is 50.4 Å². The maximum atomic E-state index is 10.3. The number of benzene rings is 1.